The van der Waals surface area contributed by atoms with Gasteiger partial charge in [0, 0.05) is 12.1 Å². The molecule has 0 spiro atoms. The number of furan rings is 1. The molecule has 0 amide bonds. The first-order valence-electron chi connectivity index (χ1n) is 11.3. The lowest BCUT2D eigenvalue weighted by Crippen LogP contribution is -2.28. The van der Waals surface area contributed by atoms with E-state index >= 15 is 0 Å². The predicted octanol–water partition coefficient (Wildman–Crippen LogP) is 4.11. The van der Waals surface area contributed by atoms with E-state index in [-0.39, 0.29) is 11.4 Å². The number of tetrazole rings is 1. The zero-order valence-electron chi connectivity index (χ0n) is 19.5. The van der Waals surface area contributed by atoms with Crippen LogP contribution < -0.4 is 5.56 Å². The first-order valence-corrected chi connectivity index (χ1v) is 11.3. The van der Waals surface area contributed by atoms with E-state index in [9.17, 15) is 9.18 Å². The number of aromatic nitrogens is 5. The van der Waals surface area contributed by atoms with Crippen molar-refractivity contribution in [3.63, 3.8) is 0 Å². The van der Waals surface area contributed by atoms with E-state index in [0.29, 0.717) is 37.6 Å². The summed E-state index contributed by atoms with van der Waals surface area (Å²) in [5.74, 6) is 1.11. The number of hydrogen-bond acceptors (Lipinski definition) is 6. The van der Waals surface area contributed by atoms with Crippen molar-refractivity contribution in [2.75, 3.05) is 0 Å². The van der Waals surface area contributed by atoms with Crippen LogP contribution in [0.1, 0.15) is 33.8 Å². The van der Waals surface area contributed by atoms with Gasteiger partial charge in [0.2, 0.25) is 0 Å². The largest absolute Gasteiger partial charge is 0.468 e. The van der Waals surface area contributed by atoms with E-state index in [1.54, 1.807) is 23.1 Å². The number of aryl methyl sites for hydroxylation is 2. The van der Waals surface area contributed by atoms with Crippen LogP contribution in [-0.4, -0.2) is 30.1 Å². The predicted molar refractivity (Wildman–Crippen MR) is 129 cm³/mol. The molecule has 3 heterocycles. The van der Waals surface area contributed by atoms with Gasteiger partial charge >= 0.3 is 0 Å². The Balaban J connectivity index is 1.43. The highest BCUT2D eigenvalue weighted by Crippen LogP contribution is 2.20. The average molecular weight is 473 g/mol. The molecule has 8 nitrogen and oxygen atoms in total. The third kappa shape index (κ3) is 5.04. The van der Waals surface area contributed by atoms with Gasteiger partial charge in [-0.25, -0.2) is 9.07 Å². The minimum Gasteiger partial charge on any atom is -0.468 e. The van der Waals surface area contributed by atoms with Gasteiger partial charge < -0.3 is 9.40 Å². The molecule has 2 aromatic carbocycles. The van der Waals surface area contributed by atoms with Gasteiger partial charge in [0.05, 0.1) is 31.4 Å². The molecular weight excluding hydrogens is 447 g/mol. The lowest BCUT2D eigenvalue weighted by atomic mass is 10.0. The molecule has 0 bridgehead atoms. The summed E-state index contributed by atoms with van der Waals surface area (Å²) in [6.45, 7) is 5.69. The summed E-state index contributed by atoms with van der Waals surface area (Å²) in [4.78, 5) is 18.1. The van der Waals surface area contributed by atoms with Crippen molar-refractivity contribution in [2.24, 2.45) is 0 Å². The van der Waals surface area contributed by atoms with Gasteiger partial charge in [-0.3, -0.25) is 9.69 Å². The Hall–Kier alpha value is -4.11. The van der Waals surface area contributed by atoms with Gasteiger partial charge in [-0.05, 0) is 76.7 Å². The monoisotopic (exact) mass is 472 g/mol. The molecule has 0 saturated heterocycles. The van der Waals surface area contributed by atoms with Gasteiger partial charge in [0.15, 0.2) is 5.82 Å². The number of pyridine rings is 1. The number of aromatic amines is 1. The Morgan fingerprint density at radius 1 is 1.06 bits per heavy atom. The van der Waals surface area contributed by atoms with Crippen molar-refractivity contribution in [3.8, 4) is 0 Å². The van der Waals surface area contributed by atoms with Gasteiger partial charge in [-0.15, -0.1) is 5.10 Å². The Bertz CT molecular complexity index is 1510. The number of H-pyrrole nitrogens is 1. The van der Waals surface area contributed by atoms with Crippen molar-refractivity contribution in [3.05, 3.63) is 111 Å². The lowest BCUT2D eigenvalue weighted by molar-refractivity contribution is 0.217. The molecule has 0 radical (unpaired) electrons. The maximum Gasteiger partial charge on any atom is 0.252 e. The summed E-state index contributed by atoms with van der Waals surface area (Å²) >= 11 is 0. The van der Waals surface area contributed by atoms with E-state index in [1.807, 2.05) is 38.1 Å². The number of nitrogens with one attached hydrogen (secondary N) is 1. The van der Waals surface area contributed by atoms with Crippen LogP contribution in [-0.2, 0) is 26.2 Å². The summed E-state index contributed by atoms with van der Waals surface area (Å²) in [5.41, 5.74) is 4.46. The fourth-order valence-corrected chi connectivity index (χ4v) is 4.14. The summed E-state index contributed by atoms with van der Waals surface area (Å²) in [6, 6.07) is 16.0. The molecule has 0 unspecified atom stereocenters. The van der Waals surface area contributed by atoms with Gasteiger partial charge in [0.25, 0.3) is 5.56 Å². The first-order chi connectivity index (χ1) is 17.0. The number of nitrogens with zero attached hydrogens (tertiary/aromatic N) is 5. The maximum atomic E-state index is 13.3. The van der Waals surface area contributed by atoms with Crippen LogP contribution in [0.2, 0.25) is 0 Å². The molecule has 0 aliphatic rings. The molecule has 0 saturated carbocycles. The smallest absolute Gasteiger partial charge is 0.252 e. The van der Waals surface area contributed by atoms with E-state index in [1.165, 1.54) is 12.1 Å². The van der Waals surface area contributed by atoms with Crippen molar-refractivity contribution >= 4 is 10.9 Å². The van der Waals surface area contributed by atoms with Gasteiger partial charge in [-0.2, -0.15) is 0 Å². The van der Waals surface area contributed by atoms with Crippen LogP contribution in [0.15, 0.2) is 70.1 Å². The van der Waals surface area contributed by atoms with Crippen molar-refractivity contribution in [1.29, 1.82) is 0 Å². The Kier molecular flexibility index (Phi) is 6.24. The van der Waals surface area contributed by atoms with E-state index in [2.05, 4.69) is 31.5 Å². The number of benzene rings is 2. The summed E-state index contributed by atoms with van der Waals surface area (Å²) in [6.07, 6.45) is 1.63. The summed E-state index contributed by atoms with van der Waals surface area (Å²) < 4.78 is 20.5. The number of halogens is 1. The third-order valence-electron chi connectivity index (χ3n) is 6.20. The first kappa shape index (κ1) is 22.7. The number of fused-ring (bicyclic) bond motifs is 1. The Morgan fingerprint density at radius 3 is 2.66 bits per heavy atom. The second kappa shape index (κ2) is 9.63. The zero-order valence-corrected chi connectivity index (χ0v) is 19.5. The topological polar surface area (TPSA) is 92.8 Å². The van der Waals surface area contributed by atoms with Crippen LogP contribution in [0.4, 0.5) is 4.39 Å². The number of rotatable bonds is 8. The van der Waals surface area contributed by atoms with Crippen LogP contribution in [0.5, 0.6) is 0 Å². The van der Waals surface area contributed by atoms with E-state index < -0.39 is 0 Å². The van der Waals surface area contributed by atoms with Crippen molar-refractivity contribution in [2.45, 2.75) is 40.0 Å². The highest BCUT2D eigenvalue weighted by atomic mass is 19.1. The molecule has 178 valence electrons. The van der Waals surface area contributed by atoms with Gasteiger partial charge in [0.1, 0.15) is 11.6 Å². The Morgan fingerprint density at radius 2 is 1.89 bits per heavy atom. The highest BCUT2D eigenvalue weighted by Gasteiger charge is 2.17. The normalized spacial score (nSPS) is 11.5. The summed E-state index contributed by atoms with van der Waals surface area (Å²) in [5, 5.41) is 13.1. The second-order valence-electron chi connectivity index (χ2n) is 8.70. The molecule has 35 heavy (non-hydrogen) atoms. The van der Waals surface area contributed by atoms with E-state index in [0.717, 1.165) is 33.4 Å². The van der Waals surface area contributed by atoms with Crippen LogP contribution in [0.3, 0.4) is 0 Å². The minimum absolute atomic E-state index is 0.124. The molecular formula is C26H25FN6O2. The fourth-order valence-electron chi connectivity index (χ4n) is 4.14. The molecule has 9 heteroatoms. The van der Waals surface area contributed by atoms with Crippen LogP contribution in [0, 0.1) is 19.7 Å². The quantitative estimate of drug-likeness (QED) is 0.365. The summed E-state index contributed by atoms with van der Waals surface area (Å²) in [7, 11) is 0. The average Bonchev–Trinajstić information content (AvgIpc) is 3.51. The minimum atomic E-state index is -0.290. The number of hydrogen-bond donors (Lipinski definition) is 1. The molecule has 0 atom stereocenters. The van der Waals surface area contributed by atoms with E-state index in [4.69, 9.17) is 4.42 Å². The molecule has 0 fully saturated rings. The van der Waals surface area contributed by atoms with Crippen molar-refractivity contribution < 1.29 is 8.81 Å². The molecule has 3 aromatic heterocycles. The standard InChI is InChI=1S/C26H25FN6O2/c1-17-5-8-20-12-21(26(34)28-25(20)18(17)2)14-32(15-23-4-3-11-35-23)16-24-29-30-31-33(24)13-19-6-9-22(27)10-7-19/h3-12H,13-16H2,1-2H3,(H,28,34). The van der Waals surface area contributed by atoms with Crippen LogP contribution in [0.25, 0.3) is 10.9 Å². The molecule has 5 rings (SSSR count). The van der Waals surface area contributed by atoms with Crippen LogP contribution >= 0.6 is 0 Å². The van der Waals surface area contributed by atoms with Crippen molar-refractivity contribution in [1.82, 2.24) is 30.1 Å². The third-order valence-corrected chi connectivity index (χ3v) is 6.20. The highest BCUT2D eigenvalue weighted by molar-refractivity contribution is 5.83. The molecule has 0 aliphatic carbocycles. The second-order valence-corrected chi connectivity index (χ2v) is 8.70. The molecule has 5 aromatic rings. The fraction of sp³-hybridized carbons (Fsp3) is 0.231. The SMILES string of the molecule is Cc1ccc2cc(CN(Cc3ccco3)Cc3nnnn3Cc3ccc(F)cc3)c(=O)[nH]c2c1C. The Labute approximate surface area is 201 Å². The lowest BCUT2D eigenvalue weighted by Gasteiger charge is -2.21. The molecule has 1 N–H and O–H groups in total. The maximum absolute atomic E-state index is 13.3. The van der Waals surface area contributed by atoms with Gasteiger partial charge in [-0.1, -0.05) is 24.3 Å². The molecule has 0 aliphatic heterocycles. The zero-order chi connectivity index (χ0) is 24.4.